The minimum atomic E-state index is -3.36. The lowest BCUT2D eigenvalue weighted by molar-refractivity contribution is -0.129. The summed E-state index contributed by atoms with van der Waals surface area (Å²) in [6.45, 7) is 6.20. The van der Waals surface area contributed by atoms with Crippen molar-refractivity contribution in [3.63, 3.8) is 0 Å². The van der Waals surface area contributed by atoms with E-state index in [2.05, 4.69) is 24.8 Å². The summed E-state index contributed by atoms with van der Waals surface area (Å²) >= 11 is 0. The Kier molecular flexibility index (Phi) is 8.56. The number of hydrogen-bond acceptors (Lipinski definition) is 5. The van der Waals surface area contributed by atoms with Crippen molar-refractivity contribution in [2.24, 2.45) is 11.7 Å². The first-order valence-electron chi connectivity index (χ1n) is 12.2. The Morgan fingerprint density at radius 2 is 1.79 bits per heavy atom. The third kappa shape index (κ3) is 6.79. The molecule has 2 aliphatic rings. The second-order valence-corrected chi connectivity index (χ2v) is 12.0. The van der Waals surface area contributed by atoms with E-state index in [9.17, 15) is 18.0 Å². The zero-order chi connectivity index (χ0) is 24.2. The van der Waals surface area contributed by atoms with Crippen molar-refractivity contribution in [3.8, 4) is 0 Å². The predicted molar refractivity (Wildman–Crippen MR) is 131 cm³/mol. The maximum atomic E-state index is 12.8. The van der Waals surface area contributed by atoms with Gasteiger partial charge in [-0.05, 0) is 55.2 Å². The average Bonchev–Trinajstić information content (AvgIpc) is 2.99. The largest absolute Gasteiger partial charge is 0.366 e. The molecular weight excluding hydrogens is 438 g/mol. The number of carbonyl (C=O) groups is 2. The third-order valence-electron chi connectivity index (χ3n) is 7.53. The van der Waals surface area contributed by atoms with Crippen molar-refractivity contribution in [2.45, 2.75) is 70.4 Å². The van der Waals surface area contributed by atoms with E-state index in [0.717, 1.165) is 51.3 Å². The summed E-state index contributed by atoms with van der Waals surface area (Å²) in [6, 6.07) is 8.60. The van der Waals surface area contributed by atoms with Crippen LogP contribution in [0, 0.1) is 5.92 Å². The number of benzene rings is 1. The highest BCUT2D eigenvalue weighted by atomic mass is 32.2. The van der Waals surface area contributed by atoms with E-state index in [1.54, 1.807) is 11.0 Å². The SMILES string of the molecule is CCC(CC)CN(CCN1C2CCC1CC(c1cccc(C(N)=O)c1)C2)C(=O)CS(C)(=O)=O. The van der Waals surface area contributed by atoms with Crippen molar-refractivity contribution in [1.29, 1.82) is 0 Å². The molecular formula is C25H39N3O4S. The Morgan fingerprint density at radius 1 is 1.15 bits per heavy atom. The van der Waals surface area contributed by atoms with Gasteiger partial charge in [0.1, 0.15) is 5.75 Å². The van der Waals surface area contributed by atoms with Crippen LogP contribution in [-0.4, -0.2) is 73.8 Å². The Morgan fingerprint density at radius 3 is 2.33 bits per heavy atom. The van der Waals surface area contributed by atoms with Gasteiger partial charge in [0.25, 0.3) is 0 Å². The molecule has 2 N–H and O–H groups in total. The summed E-state index contributed by atoms with van der Waals surface area (Å²) in [5.41, 5.74) is 7.21. The van der Waals surface area contributed by atoms with Gasteiger partial charge in [-0.1, -0.05) is 38.8 Å². The second kappa shape index (κ2) is 11.0. The van der Waals surface area contributed by atoms with Gasteiger partial charge < -0.3 is 10.6 Å². The molecule has 2 atom stereocenters. The van der Waals surface area contributed by atoms with Crippen molar-refractivity contribution in [3.05, 3.63) is 35.4 Å². The molecule has 2 amide bonds. The quantitative estimate of drug-likeness (QED) is 0.528. The predicted octanol–water partition coefficient (Wildman–Crippen LogP) is 2.81. The van der Waals surface area contributed by atoms with Crippen LogP contribution in [0.5, 0.6) is 0 Å². The highest BCUT2D eigenvalue weighted by molar-refractivity contribution is 7.91. The molecule has 1 aromatic rings. The van der Waals surface area contributed by atoms with Gasteiger partial charge in [-0.25, -0.2) is 8.42 Å². The van der Waals surface area contributed by atoms with Crippen LogP contribution in [-0.2, 0) is 14.6 Å². The number of nitrogens with zero attached hydrogens (tertiary/aromatic N) is 2. The smallest absolute Gasteiger partial charge is 0.248 e. The highest BCUT2D eigenvalue weighted by Crippen LogP contribution is 2.43. The Bertz CT molecular complexity index is 931. The summed E-state index contributed by atoms with van der Waals surface area (Å²) < 4.78 is 23.5. The zero-order valence-corrected chi connectivity index (χ0v) is 21.0. The molecule has 7 nitrogen and oxygen atoms in total. The summed E-state index contributed by atoms with van der Waals surface area (Å²) in [5, 5.41) is 0. The molecule has 2 fully saturated rings. The zero-order valence-electron chi connectivity index (χ0n) is 20.2. The maximum absolute atomic E-state index is 12.8. The topological polar surface area (TPSA) is 101 Å². The Hall–Kier alpha value is -1.93. The van der Waals surface area contributed by atoms with Crippen LogP contribution >= 0.6 is 0 Å². The standard InChI is InChI=1S/C25H39N3O4S/c1-4-18(5-2)16-27(24(29)17-33(3,31)32)11-12-28-22-9-10-23(28)15-21(14-22)19-7-6-8-20(13-19)25(26)30/h6-8,13,18,21-23H,4-5,9-12,14-17H2,1-3H3,(H2,26,30). The van der Waals surface area contributed by atoms with Crippen LogP contribution in [0.1, 0.15) is 74.2 Å². The molecule has 0 spiro atoms. The van der Waals surface area contributed by atoms with Crippen LogP contribution in [0.15, 0.2) is 24.3 Å². The Balaban J connectivity index is 1.66. The fourth-order valence-corrected chi connectivity index (χ4v) is 6.22. The van der Waals surface area contributed by atoms with E-state index >= 15 is 0 Å². The molecule has 1 aromatic carbocycles. The van der Waals surface area contributed by atoms with Crippen molar-refractivity contribution >= 4 is 21.7 Å². The van der Waals surface area contributed by atoms with Gasteiger partial charge in [0.2, 0.25) is 11.8 Å². The van der Waals surface area contributed by atoms with Gasteiger partial charge in [-0.2, -0.15) is 0 Å². The number of primary amides is 1. The highest BCUT2D eigenvalue weighted by Gasteiger charge is 2.41. The molecule has 0 saturated carbocycles. The molecule has 2 aliphatic heterocycles. The van der Waals surface area contributed by atoms with Crippen LogP contribution in [0.3, 0.4) is 0 Å². The molecule has 2 heterocycles. The second-order valence-electron chi connectivity index (χ2n) is 9.87. The summed E-state index contributed by atoms with van der Waals surface area (Å²) in [6.07, 6.45) is 7.41. The molecule has 3 rings (SSSR count). The number of nitrogens with two attached hydrogens (primary N) is 1. The fourth-order valence-electron chi connectivity index (χ4n) is 5.59. The summed E-state index contributed by atoms with van der Waals surface area (Å²) in [5.74, 6) is -0.305. The minimum Gasteiger partial charge on any atom is -0.366 e. The van der Waals surface area contributed by atoms with Crippen LogP contribution < -0.4 is 5.73 Å². The van der Waals surface area contributed by atoms with E-state index in [4.69, 9.17) is 5.73 Å². The molecule has 33 heavy (non-hydrogen) atoms. The van der Waals surface area contributed by atoms with Gasteiger partial charge in [-0.3, -0.25) is 14.5 Å². The van der Waals surface area contributed by atoms with Crippen molar-refractivity contribution < 1.29 is 18.0 Å². The lowest BCUT2D eigenvalue weighted by Gasteiger charge is -2.40. The third-order valence-corrected chi connectivity index (χ3v) is 8.30. The first-order chi connectivity index (χ1) is 15.6. The van der Waals surface area contributed by atoms with Crippen LogP contribution in [0.2, 0.25) is 0 Å². The fraction of sp³-hybridized carbons (Fsp3) is 0.680. The van der Waals surface area contributed by atoms with Crippen LogP contribution in [0.25, 0.3) is 0 Å². The number of hydrogen-bond donors (Lipinski definition) is 1. The lowest BCUT2D eigenvalue weighted by Crippen LogP contribution is -2.48. The molecule has 8 heteroatoms. The Labute approximate surface area is 198 Å². The van der Waals surface area contributed by atoms with E-state index in [-0.39, 0.29) is 5.91 Å². The number of sulfone groups is 1. The number of piperidine rings is 1. The van der Waals surface area contributed by atoms with Crippen LogP contribution in [0.4, 0.5) is 0 Å². The van der Waals surface area contributed by atoms with E-state index in [0.29, 0.717) is 42.6 Å². The number of carbonyl (C=O) groups excluding carboxylic acids is 2. The summed E-state index contributed by atoms with van der Waals surface area (Å²) in [7, 11) is -3.36. The molecule has 0 aromatic heterocycles. The molecule has 184 valence electrons. The van der Waals surface area contributed by atoms with Gasteiger partial charge in [0, 0.05) is 43.5 Å². The molecule has 2 unspecified atom stereocenters. The van der Waals surface area contributed by atoms with Gasteiger partial charge in [-0.15, -0.1) is 0 Å². The maximum Gasteiger partial charge on any atom is 0.248 e. The van der Waals surface area contributed by atoms with Gasteiger partial charge in [0.05, 0.1) is 0 Å². The van der Waals surface area contributed by atoms with E-state index in [1.165, 1.54) is 5.56 Å². The molecule has 2 bridgehead atoms. The monoisotopic (exact) mass is 477 g/mol. The molecule has 2 saturated heterocycles. The van der Waals surface area contributed by atoms with Crippen molar-refractivity contribution in [1.82, 2.24) is 9.80 Å². The number of amides is 2. The van der Waals surface area contributed by atoms with Gasteiger partial charge >= 0.3 is 0 Å². The summed E-state index contributed by atoms with van der Waals surface area (Å²) in [4.78, 5) is 28.7. The average molecular weight is 478 g/mol. The normalized spacial score (nSPS) is 23.1. The first-order valence-corrected chi connectivity index (χ1v) is 14.3. The molecule has 0 radical (unpaired) electrons. The lowest BCUT2D eigenvalue weighted by atomic mass is 9.84. The van der Waals surface area contributed by atoms with E-state index < -0.39 is 21.5 Å². The molecule has 0 aliphatic carbocycles. The van der Waals surface area contributed by atoms with Crippen molar-refractivity contribution in [2.75, 3.05) is 31.6 Å². The first kappa shape index (κ1) is 25.7. The van der Waals surface area contributed by atoms with Gasteiger partial charge in [0.15, 0.2) is 9.84 Å². The number of rotatable bonds is 11. The minimum absolute atomic E-state index is 0.283. The number of fused-ring (bicyclic) bond motifs is 2. The van der Waals surface area contributed by atoms with E-state index in [1.807, 2.05) is 12.1 Å².